The lowest BCUT2D eigenvalue weighted by molar-refractivity contribution is 0.0954. The number of carbonyl (C=O) groups is 1. The van der Waals surface area contributed by atoms with E-state index in [0.717, 1.165) is 38.5 Å². The second-order valence-corrected chi connectivity index (χ2v) is 5.96. The third-order valence-corrected chi connectivity index (χ3v) is 4.41. The van der Waals surface area contributed by atoms with Gasteiger partial charge in [-0.25, -0.2) is 4.63 Å². The maximum Gasteiger partial charge on any atom is 0.162 e. The van der Waals surface area contributed by atoms with E-state index in [4.69, 9.17) is 0 Å². The standard InChI is InChI=1S/C16H20N2O3/c19-13-7-4-11(5-8-13)2-1-3-16(20)12-6-9-14-15(10-12)18-21-17-14/h6,9-11,13,19H,1-5,7-8H2. The molecule has 3 rings (SSSR count). The van der Waals surface area contributed by atoms with Crippen molar-refractivity contribution in [1.82, 2.24) is 10.3 Å². The second kappa shape index (κ2) is 6.35. The van der Waals surface area contributed by atoms with Crippen molar-refractivity contribution >= 4 is 16.8 Å². The first-order chi connectivity index (χ1) is 10.2. The fourth-order valence-corrected chi connectivity index (χ4v) is 3.08. The van der Waals surface area contributed by atoms with Gasteiger partial charge in [-0.3, -0.25) is 4.79 Å². The van der Waals surface area contributed by atoms with Crippen LogP contribution >= 0.6 is 0 Å². The maximum absolute atomic E-state index is 12.2. The van der Waals surface area contributed by atoms with Gasteiger partial charge in [0.05, 0.1) is 6.10 Å². The van der Waals surface area contributed by atoms with E-state index >= 15 is 0 Å². The van der Waals surface area contributed by atoms with Gasteiger partial charge in [0.1, 0.15) is 11.0 Å². The number of nitrogens with zero attached hydrogens (tertiary/aromatic N) is 2. The Bertz CT molecular complexity index is 615. The third kappa shape index (κ3) is 3.47. The van der Waals surface area contributed by atoms with Crippen molar-refractivity contribution in [2.45, 2.75) is 51.0 Å². The highest BCUT2D eigenvalue weighted by Crippen LogP contribution is 2.28. The third-order valence-electron chi connectivity index (χ3n) is 4.41. The highest BCUT2D eigenvalue weighted by molar-refractivity contribution is 5.98. The Morgan fingerprint density at radius 1 is 1.19 bits per heavy atom. The minimum absolute atomic E-state index is 0.106. The normalized spacial score (nSPS) is 22.5. The van der Waals surface area contributed by atoms with Crippen molar-refractivity contribution in [2.24, 2.45) is 5.92 Å². The zero-order chi connectivity index (χ0) is 14.7. The molecule has 0 saturated heterocycles. The number of hydrogen-bond donors (Lipinski definition) is 1. The Balaban J connectivity index is 1.49. The molecule has 0 radical (unpaired) electrons. The molecule has 5 heteroatoms. The summed E-state index contributed by atoms with van der Waals surface area (Å²) in [7, 11) is 0. The number of aliphatic hydroxyl groups excluding tert-OH is 1. The van der Waals surface area contributed by atoms with Crippen molar-refractivity contribution in [1.29, 1.82) is 0 Å². The van der Waals surface area contributed by atoms with E-state index in [9.17, 15) is 9.90 Å². The van der Waals surface area contributed by atoms with Crippen LogP contribution in [0.5, 0.6) is 0 Å². The van der Waals surface area contributed by atoms with Crippen LogP contribution < -0.4 is 0 Å². The number of carbonyl (C=O) groups excluding carboxylic acids is 1. The fraction of sp³-hybridized carbons (Fsp3) is 0.562. The highest BCUT2D eigenvalue weighted by Gasteiger charge is 2.19. The van der Waals surface area contributed by atoms with Crippen LogP contribution in [0.4, 0.5) is 0 Å². The number of hydrogen-bond acceptors (Lipinski definition) is 5. The number of aliphatic hydroxyl groups is 1. The van der Waals surface area contributed by atoms with Gasteiger partial charge < -0.3 is 5.11 Å². The van der Waals surface area contributed by atoms with Crippen LogP contribution in [0.25, 0.3) is 11.0 Å². The summed E-state index contributed by atoms with van der Waals surface area (Å²) in [5.41, 5.74) is 1.98. The summed E-state index contributed by atoms with van der Waals surface area (Å²) in [5, 5.41) is 17.0. The number of rotatable bonds is 5. The summed E-state index contributed by atoms with van der Waals surface area (Å²) in [4.78, 5) is 12.2. The average Bonchev–Trinajstić information content (AvgIpc) is 2.96. The number of ketones is 1. The molecule has 1 saturated carbocycles. The van der Waals surface area contributed by atoms with Crippen molar-refractivity contribution in [3.05, 3.63) is 23.8 Å². The lowest BCUT2D eigenvalue weighted by Crippen LogP contribution is -2.18. The molecular weight excluding hydrogens is 268 g/mol. The number of Topliss-reactive ketones (excluding diaryl/α,β-unsaturated/α-hetero) is 1. The number of fused-ring (bicyclic) bond motifs is 1. The fourth-order valence-electron chi connectivity index (χ4n) is 3.08. The smallest absolute Gasteiger partial charge is 0.162 e. The van der Waals surface area contributed by atoms with Gasteiger partial charge in [0.25, 0.3) is 0 Å². The molecule has 0 spiro atoms. The first kappa shape index (κ1) is 14.2. The average molecular weight is 288 g/mol. The van der Waals surface area contributed by atoms with Gasteiger partial charge in [0.2, 0.25) is 0 Å². The summed E-state index contributed by atoms with van der Waals surface area (Å²) < 4.78 is 4.64. The molecular formula is C16H20N2O3. The molecule has 21 heavy (non-hydrogen) atoms. The van der Waals surface area contributed by atoms with Crippen LogP contribution in [0, 0.1) is 5.92 Å². The van der Waals surface area contributed by atoms with Crippen molar-refractivity contribution in [2.75, 3.05) is 0 Å². The van der Waals surface area contributed by atoms with Crippen molar-refractivity contribution < 1.29 is 14.5 Å². The SMILES string of the molecule is O=C(CCCC1CCC(O)CC1)c1ccc2nonc2c1. The first-order valence-corrected chi connectivity index (χ1v) is 7.66. The summed E-state index contributed by atoms with van der Waals surface area (Å²) in [6, 6.07) is 5.29. The molecule has 1 aromatic carbocycles. The molecule has 1 fully saturated rings. The second-order valence-electron chi connectivity index (χ2n) is 5.96. The van der Waals surface area contributed by atoms with E-state index < -0.39 is 0 Å². The Morgan fingerprint density at radius 3 is 2.76 bits per heavy atom. The first-order valence-electron chi connectivity index (χ1n) is 7.66. The Kier molecular flexibility index (Phi) is 4.29. The highest BCUT2D eigenvalue weighted by atomic mass is 16.6. The van der Waals surface area contributed by atoms with E-state index in [2.05, 4.69) is 14.9 Å². The monoisotopic (exact) mass is 288 g/mol. The van der Waals surface area contributed by atoms with Gasteiger partial charge in [0, 0.05) is 12.0 Å². The van der Waals surface area contributed by atoms with Gasteiger partial charge in [-0.05, 0) is 66.5 Å². The largest absolute Gasteiger partial charge is 0.393 e. The number of aromatic nitrogens is 2. The van der Waals surface area contributed by atoms with E-state index in [1.165, 1.54) is 0 Å². The molecule has 1 aliphatic carbocycles. The van der Waals surface area contributed by atoms with Gasteiger partial charge in [0.15, 0.2) is 5.78 Å². The minimum Gasteiger partial charge on any atom is -0.393 e. The molecule has 1 heterocycles. The van der Waals surface area contributed by atoms with Crippen molar-refractivity contribution in [3.8, 4) is 0 Å². The molecule has 0 aliphatic heterocycles. The molecule has 0 amide bonds. The predicted molar refractivity (Wildman–Crippen MR) is 78.0 cm³/mol. The van der Waals surface area contributed by atoms with Crippen LogP contribution in [0.15, 0.2) is 22.8 Å². The number of benzene rings is 1. The van der Waals surface area contributed by atoms with E-state index in [0.29, 0.717) is 28.9 Å². The van der Waals surface area contributed by atoms with Gasteiger partial charge in [-0.15, -0.1) is 0 Å². The quantitative estimate of drug-likeness (QED) is 0.855. The Labute approximate surface area is 123 Å². The van der Waals surface area contributed by atoms with Gasteiger partial charge >= 0.3 is 0 Å². The lowest BCUT2D eigenvalue weighted by atomic mass is 9.84. The summed E-state index contributed by atoms with van der Waals surface area (Å²) in [6.07, 6.45) is 6.45. The molecule has 0 bridgehead atoms. The molecule has 0 atom stereocenters. The molecule has 1 aromatic heterocycles. The summed E-state index contributed by atoms with van der Waals surface area (Å²) >= 11 is 0. The molecule has 5 nitrogen and oxygen atoms in total. The zero-order valence-corrected chi connectivity index (χ0v) is 12.0. The topological polar surface area (TPSA) is 76.2 Å². The van der Waals surface area contributed by atoms with E-state index in [1.54, 1.807) is 18.2 Å². The molecule has 112 valence electrons. The minimum atomic E-state index is -0.106. The molecule has 0 unspecified atom stereocenters. The van der Waals surface area contributed by atoms with Crippen molar-refractivity contribution in [3.63, 3.8) is 0 Å². The Hall–Kier alpha value is -1.75. The van der Waals surface area contributed by atoms with Crippen LogP contribution in [-0.4, -0.2) is 27.3 Å². The molecule has 1 N–H and O–H groups in total. The molecule has 1 aliphatic rings. The lowest BCUT2D eigenvalue weighted by Gasteiger charge is -2.25. The predicted octanol–water partition coefficient (Wildman–Crippen LogP) is 3.13. The van der Waals surface area contributed by atoms with E-state index in [1.807, 2.05) is 0 Å². The van der Waals surface area contributed by atoms with Crippen LogP contribution in [0.2, 0.25) is 0 Å². The van der Waals surface area contributed by atoms with E-state index in [-0.39, 0.29) is 11.9 Å². The van der Waals surface area contributed by atoms with Crippen LogP contribution in [0.1, 0.15) is 55.3 Å². The zero-order valence-electron chi connectivity index (χ0n) is 12.0. The van der Waals surface area contributed by atoms with Gasteiger partial charge in [-0.1, -0.05) is 6.42 Å². The summed E-state index contributed by atoms with van der Waals surface area (Å²) in [5.74, 6) is 0.819. The molecule has 2 aromatic rings. The van der Waals surface area contributed by atoms with Crippen LogP contribution in [0.3, 0.4) is 0 Å². The maximum atomic E-state index is 12.2. The summed E-state index contributed by atoms with van der Waals surface area (Å²) in [6.45, 7) is 0. The Morgan fingerprint density at radius 2 is 1.95 bits per heavy atom. The van der Waals surface area contributed by atoms with Crippen LogP contribution in [-0.2, 0) is 0 Å². The van der Waals surface area contributed by atoms with Gasteiger partial charge in [-0.2, -0.15) is 0 Å².